The first-order valence-corrected chi connectivity index (χ1v) is 16.6. The Kier molecular flexibility index (Phi) is 19.5. The zero-order valence-corrected chi connectivity index (χ0v) is 28.9. The molecule has 2 amide bonds. The van der Waals surface area contributed by atoms with Gasteiger partial charge in [-0.25, -0.2) is 9.97 Å². The second-order valence-corrected chi connectivity index (χ2v) is 11.0. The van der Waals surface area contributed by atoms with Crippen LogP contribution < -0.4 is 21.7 Å². The highest BCUT2D eigenvalue weighted by Crippen LogP contribution is 2.19. The molecule has 3 aromatic rings. The van der Waals surface area contributed by atoms with Gasteiger partial charge in [-0.1, -0.05) is 5.92 Å². The third kappa shape index (κ3) is 17.2. The van der Waals surface area contributed by atoms with Crippen molar-refractivity contribution >= 4 is 34.6 Å². The van der Waals surface area contributed by atoms with E-state index < -0.39 is 0 Å². The molecule has 0 unspecified atom stereocenters. The maximum atomic E-state index is 12.7. The van der Waals surface area contributed by atoms with Crippen molar-refractivity contribution in [1.29, 1.82) is 0 Å². The van der Waals surface area contributed by atoms with E-state index in [1.165, 1.54) is 6.20 Å². The van der Waals surface area contributed by atoms with Gasteiger partial charge in [-0.2, -0.15) is 9.97 Å². The number of carbonyl (C=O) groups excluding carboxylic acids is 2. The molecule has 17 heteroatoms. The molecule has 2 aromatic heterocycles. The third-order valence-corrected chi connectivity index (χ3v) is 6.87. The molecule has 17 nitrogen and oxygen atoms in total. The molecule has 0 fully saturated rings. The highest BCUT2D eigenvalue weighted by atomic mass is 16.6. The number of nitrogen functional groups attached to an aromatic ring is 1. The van der Waals surface area contributed by atoms with Gasteiger partial charge < -0.3 is 55.2 Å². The molecule has 0 spiro atoms. The Hall–Kier alpha value is -4.70. The van der Waals surface area contributed by atoms with Crippen molar-refractivity contribution in [3.63, 3.8) is 0 Å². The van der Waals surface area contributed by atoms with Crippen LogP contribution >= 0.6 is 0 Å². The van der Waals surface area contributed by atoms with Gasteiger partial charge in [0.2, 0.25) is 17.7 Å². The highest BCUT2D eigenvalue weighted by molar-refractivity contribution is 5.94. The van der Waals surface area contributed by atoms with E-state index in [1.54, 1.807) is 24.3 Å². The number of hydrogen-bond acceptors (Lipinski definition) is 15. The Labute approximate surface area is 297 Å². The molecule has 0 radical (unpaired) electrons. The van der Waals surface area contributed by atoms with Crippen LogP contribution in [0.4, 0.5) is 11.6 Å². The predicted octanol–water partition coefficient (Wildman–Crippen LogP) is 1.07. The van der Waals surface area contributed by atoms with E-state index in [4.69, 9.17) is 40.6 Å². The molecule has 278 valence electrons. The second kappa shape index (κ2) is 24.4. The molecule has 0 aliphatic carbocycles. The molecule has 2 heterocycles. The Balaban J connectivity index is 1.13. The summed E-state index contributed by atoms with van der Waals surface area (Å²) in [6.07, 6.45) is 7.36. The summed E-state index contributed by atoms with van der Waals surface area (Å²) in [5.74, 6) is 1.61. The number of nitrogens with one attached hydrogen (secondary N) is 3. The summed E-state index contributed by atoms with van der Waals surface area (Å²) in [5, 5.41) is 18.9. The van der Waals surface area contributed by atoms with Gasteiger partial charge >= 0.3 is 0 Å². The Bertz CT molecular complexity index is 1510. The SMILES string of the molecule is C#CCOCCOCCOCCOCCOCCOCCNC(=O)CC[C@H](C)NC(=O)c1ccc(NCc2cnc3nc(N)nc(O)c3n2)cc1. The number of amides is 2. The molecule has 3 rings (SSSR count). The van der Waals surface area contributed by atoms with Crippen LogP contribution in [-0.2, 0) is 39.8 Å². The zero-order chi connectivity index (χ0) is 36.5. The van der Waals surface area contributed by atoms with Crippen LogP contribution in [-0.4, -0.2) is 129 Å². The number of hydrogen-bond donors (Lipinski definition) is 5. The maximum absolute atomic E-state index is 12.7. The van der Waals surface area contributed by atoms with E-state index in [0.29, 0.717) is 103 Å². The molecule has 51 heavy (non-hydrogen) atoms. The fraction of sp³-hybridized carbons (Fsp3) is 0.529. The highest BCUT2D eigenvalue weighted by Gasteiger charge is 2.13. The number of fused-ring (bicyclic) bond motifs is 1. The lowest BCUT2D eigenvalue weighted by molar-refractivity contribution is -0.121. The summed E-state index contributed by atoms with van der Waals surface area (Å²) in [6, 6.07) is 6.73. The lowest BCUT2D eigenvalue weighted by Gasteiger charge is -2.14. The number of rotatable bonds is 27. The Morgan fingerprint density at radius 3 is 2.06 bits per heavy atom. The molecule has 6 N–H and O–H groups in total. The van der Waals surface area contributed by atoms with Crippen molar-refractivity contribution in [2.45, 2.75) is 32.4 Å². The fourth-order valence-corrected chi connectivity index (χ4v) is 4.27. The molecular formula is C34H48N8O9. The van der Waals surface area contributed by atoms with Gasteiger partial charge in [0, 0.05) is 30.3 Å². The van der Waals surface area contributed by atoms with Gasteiger partial charge in [-0.3, -0.25) is 9.59 Å². The molecule has 1 atom stereocenters. The first-order valence-electron chi connectivity index (χ1n) is 16.6. The smallest absolute Gasteiger partial charge is 0.251 e. The standard InChI is InChI=1S/C34H48N8O9/c1-3-11-46-13-15-48-17-19-50-21-22-51-20-18-49-16-14-47-12-10-36-29(43)9-4-25(2)39-32(44)26-5-7-27(8-6-26)37-23-28-24-38-31-30(40-28)33(45)42-34(35)41-31/h1,5-8,24-25,37H,4,9-23H2,2H3,(H,36,43)(H,39,44)(H3,35,38,41,42,45)/t25-/m0/s1. The van der Waals surface area contributed by atoms with E-state index in [0.717, 1.165) is 5.69 Å². The first-order chi connectivity index (χ1) is 24.9. The van der Waals surface area contributed by atoms with E-state index in [9.17, 15) is 14.7 Å². The number of nitrogens with zero attached hydrogens (tertiary/aromatic N) is 4. The normalized spacial score (nSPS) is 11.6. The van der Waals surface area contributed by atoms with E-state index in [1.807, 2.05) is 6.92 Å². The minimum atomic E-state index is -0.336. The minimum absolute atomic E-state index is 0.0860. The zero-order valence-electron chi connectivity index (χ0n) is 28.9. The van der Waals surface area contributed by atoms with E-state index in [-0.39, 0.29) is 53.9 Å². The molecule has 1 aromatic carbocycles. The quantitative estimate of drug-likeness (QED) is 0.0551. The summed E-state index contributed by atoms with van der Waals surface area (Å²) in [5.41, 5.74) is 7.68. The molecular weight excluding hydrogens is 664 g/mol. The van der Waals surface area contributed by atoms with Crippen molar-refractivity contribution in [3.8, 4) is 18.2 Å². The number of ether oxygens (including phenoxy) is 6. The van der Waals surface area contributed by atoms with Crippen molar-refractivity contribution < 1.29 is 43.1 Å². The maximum Gasteiger partial charge on any atom is 0.251 e. The van der Waals surface area contributed by atoms with Crippen LogP contribution in [0, 0.1) is 12.3 Å². The second-order valence-electron chi connectivity index (χ2n) is 11.0. The predicted molar refractivity (Wildman–Crippen MR) is 188 cm³/mol. The third-order valence-electron chi connectivity index (χ3n) is 6.87. The number of terminal acetylenes is 1. The van der Waals surface area contributed by atoms with Crippen molar-refractivity contribution in [3.05, 3.63) is 41.7 Å². The van der Waals surface area contributed by atoms with Crippen LogP contribution in [0.5, 0.6) is 5.88 Å². The molecule has 0 saturated heterocycles. The molecule has 0 saturated carbocycles. The summed E-state index contributed by atoms with van der Waals surface area (Å²) in [6.45, 7) is 7.79. The lowest BCUT2D eigenvalue weighted by atomic mass is 10.1. The Morgan fingerprint density at radius 2 is 1.45 bits per heavy atom. The van der Waals surface area contributed by atoms with Crippen molar-refractivity contribution in [2.24, 2.45) is 0 Å². The molecule has 0 aliphatic heterocycles. The van der Waals surface area contributed by atoms with Crippen LogP contribution in [0.2, 0.25) is 0 Å². The van der Waals surface area contributed by atoms with Gasteiger partial charge in [0.05, 0.1) is 91.1 Å². The number of carbonyl (C=O) groups is 2. The van der Waals surface area contributed by atoms with E-state index in [2.05, 4.69) is 41.8 Å². The number of aromatic hydroxyl groups is 1. The number of anilines is 2. The van der Waals surface area contributed by atoms with Crippen LogP contribution in [0.1, 0.15) is 35.8 Å². The number of nitrogens with two attached hydrogens (primary N) is 1. The minimum Gasteiger partial charge on any atom is -0.492 e. The number of aromatic nitrogens is 4. The van der Waals surface area contributed by atoms with Gasteiger partial charge in [0.1, 0.15) is 6.61 Å². The average Bonchev–Trinajstić information content (AvgIpc) is 3.12. The van der Waals surface area contributed by atoms with Crippen LogP contribution in [0.25, 0.3) is 11.2 Å². The van der Waals surface area contributed by atoms with Crippen molar-refractivity contribution in [2.75, 3.05) is 96.9 Å². The Morgan fingerprint density at radius 1 is 0.863 bits per heavy atom. The van der Waals surface area contributed by atoms with Gasteiger partial charge in [0.15, 0.2) is 11.2 Å². The van der Waals surface area contributed by atoms with Crippen molar-refractivity contribution in [1.82, 2.24) is 30.6 Å². The molecule has 0 aliphatic rings. The van der Waals surface area contributed by atoms with Gasteiger partial charge in [0.25, 0.3) is 5.91 Å². The fourth-order valence-electron chi connectivity index (χ4n) is 4.27. The molecule has 0 bridgehead atoms. The van der Waals surface area contributed by atoms with E-state index >= 15 is 0 Å². The van der Waals surface area contributed by atoms with Gasteiger partial charge in [-0.15, -0.1) is 6.42 Å². The topological polar surface area (TPSA) is 223 Å². The average molecular weight is 713 g/mol. The first kappa shape index (κ1) is 40.7. The van der Waals surface area contributed by atoms with Gasteiger partial charge in [-0.05, 0) is 37.6 Å². The largest absolute Gasteiger partial charge is 0.492 e. The van der Waals surface area contributed by atoms with Crippen LogP contribution in [0.3, 0.4) is 0 Å². The lowest BCUT2D eigenvalue weighted by Crippen LogP contribution is -2.34. The summed E-state index contributed by atoms with van der Waals surface area (Å²) in [7, 11) is 0. The number of benzene rings is 1. The summed E-state index contributed by atoms with van der Waals surface area (Å²) < 4.78 is 32.2. The summed E-state index contributed by atoms with van der Waals surface area (Å²) in [4.78, 5) is 41.0. The summed E-state index contributed by atoms with van der Waals surface area (Å²) >= 11 is 0. The monoisotopic (exact) mass is 712 g/mol. The van der Waals surface area contributed by atoms with Crippen LogP contribution in [0.15, 0.2) is 30.5 Å².